The molecule has 2 aromatic rings. The highest BCUT2D eigenvalue weighted by Crippen LogP contribution is 2.20. The van der Waals surface area contributed by atoms with Gasteiger partial charge in [0, 0.05) is 12.6 Å². The Morgan fingerprint density at radius 1 is 1.03 bits per heavy atom. The van der Waals surface area contributed by atoms with E-state index in [4.69, 9.17) is 9.47 Å². The highest BCUT2D eigenvalue weighted by Gasteiger charge is 2.29. The summed E-state index contributed by atoms with van der Waals surface area (Å²) in [7, 11) is 1.61. The van der Waals surface area contributed by atoms with E-state index in [1.165, 1.54) is 0 Å². The van der Waals surface area contributed by atoms with Crippen LogP contribution in [-0.4, -0.2) is 42.5 Å². The summed E-state index contributed by atoms with van der Waals surface area (Å²) >= 11 is 0. The maximum absolute atomic E-state index is 13.3. The lowest BCUT2D eigenvalue weighted by Gasteiger charge is -2.31. The zero-order valence-electron chi connectivity index (χ0n) is 20.1. The number of benzene rings is 2. The average molecular weight is 441 g/mol. The molecule has 6 nitrogen and oxygen atoms in total. The third kappa shape index (κ3) is 7.01. The molecule has 0 saturated heterocycles. The lowest BCUT2D eigenvalue weighted by atomic mass is 10.1. The zero-order valence-corrected chi connectivity index (χ0v) is 20.1. The molecule has 0 aliphatic rings. The van der Waals surface area contributed by atoms with Crippen LogP contribution in [0.3, 0.4) is 0 Å². The number of carbonyl (C=O) groups excluding carboxylic acids is 2. The Hall–Kier alpha value is -3.02. The summed E-state index contributed by atoms with van der Waals surface area (Å²) in [6.07, 6.45) is 1.33. The molecule has 2 atom stereocenters. The van der Waals surface area contributed by atoms with E-state index in [0.29, 0.717) is 18.7 Å². The molecule has 0 aromatic heterocycles. The van der Waals surface area contributed by atoms with Crippen molar-refractivity contribution in [2.75, 3.05) is 13.7 Å². The van der Waals surface area contributed by atoms with Gasteiger partial charge in [-0.15, -0.1) is 0 Å². The van der Waals surface area contributed by atoms with Crippen LogP contribution in [0.4, 0.5) is 0 Å². The van der Waals surface area contributed by atoms with Gasteiger partial charge in [0.1, 0.15) is 17.5 Å². The van der Waals surface area contributed by atoms with E-state index < -0.39 is 6.04 Å². The van der Waals surface area contributed by atoms with Gasteiger partial charge in [0.2, 0.25) is 5.91 Å². The second kappa shape index (κ2) is 12.1. The number of nitrogens with one attached hydrogen (secondary N) is 1. The molecular weight excluding hydrogens is 404 g/mol. The van der Waals surface area contributed by atoms with Crippen LogP contribution < -0.4 is 14.8 Å². The molecule has 174 valence electrons. The fourth-order valence-corrected chi connectivity index (χ4v) is 3.47. The van der Waals surface area contributed by atoms with Crippen LogP contribution in [0.15, 0.2) is 42.5 Å². The van der Waals surface area contributed by atoms with Crippen molar-refractivity contribution >= 4 is 11.8 Å². The first-order valence-electron chi connectivity index (χ1n) is 11.2. The number of hydrogen-bond donors (Lipinski definition) is 1. The summed E-state index contributed by atoms with van der Waals surface area (Å²) in [5, 5.41) is 3.02. The first-order valence-corrected chi connectivity index (χ1v) is 11.2. The van der Waals surface area contributed by atoms with Crippen molar-refractivity contribution < 1.29 is 19.1 Å². The Kier molecular flexibility index (Phi) is 9.57. The predicted molar refractivity (Wildman–Crippen MR) is 127 cm³/mol. The number of aryl methyl sites for hydroxylation is 2. The van der Waals surface area contributed by atoms with E-state index in [-0.39, 0.29) is 24.5 Å². The third-order valence-electron chi connectivity index (χ3n) is 5.58. The quantitative estimate of drug-likeness (QED) is 0.562. The smallest absolute Gasteiger partial charge is 0.261 e. The van der Waals surface area contributed by atoms with Gasteiger partial charge in [-0.05, 0) is 62.9 Å². The second-order valence-corrected chi connectivity index (χ2v) is 8.17. The third-order valence-corrected chi connectivity index (χ3v) is 5.58. The van der Waals surface area contributed by atoms with Gasteiger partial charge in [-0.25, -0.2) is 0 Å². The number of methoxy groups -OCH3 is 1. The van der Waals surface area contributed by atoms with E-state index in [1.54, 1.807) is 12.0 Å². The number of ether oxygens (including phenoxy) is 2. The maximum Gasteiger partial charge on any atom is 0.261 e. The topological polar surface area (TPSA) is 67.9 Å². The molecule has 0 saturated carbocycles. The molecule has 0 bridgehead atoms. The summed E-state index contributed by atoms with van der Waals surface area (Å²) in [4.78, 5) is 27.9. The van der Waals surface area contributed by atoms with Crippen LogP contribution in [0, 0.1) is 13.8 Å². The fourth-order valence-electron chi connectivity index (χ4n) is 3.47. The van der Waals surface area contributed by atoms with Gasteiger partial charge < -0.3 is 19.7 Å². The van der Waals surface area contributed by atoms with E-state index in [1.807, 2.05) is 77.1 Å². The van der Waals surface area contributed by atoms with Crippen LogP contribution in [0.5, 0.6) is 11.5 Å². The Morgan fingerprint density at radius 2 is 1.72 bits per heavy atom. The molecular formula is C26H36N2O4. The Balaban J connectivity index is 2.23. The maximum atomic E-state index is 13.3. The summed E-state index contributed by atoms with van der Waals surface area (Å²) in [6.45, 7) is 10.0. The van der Waals surface area contributed by atoms with Crippen molar-refractivity contribution in [2.24, 2.45) is 0 Å². The van der Waals surface area contributed by atoms with E-state index >= 15 is 0 Å². The minimum absolute atomic E-state index is 0.0425. The summed E-state index contributed by atoms with van der Waals surface area (Å²) in [5.74, 6) is 1.04. The highest BCUT2D eigenvalue weighted by atomic mass is 16.5. The van der Waals surface area contributed by atoms with Crippen molar-refractivity contribution in [1.29, 1.82) is 0 Å². The van der Waals surface area contributed by atoms with Crippen LogP contribution >= 0.6 is 0 Å². The minimum Gasteiger partial charge on any atom is -0.497 e. The van der Waals surface area contributed by atoms with Gasteiger partial charge in [0.25, 0.3) is 5.91 Å². The lowest BCUT2D eigenvalue weighted by molar-refractivity contribution is -0.143. The SMILES string of the molecule is CC[C@@H](C)NC(=O)[C@@H](CC)N(Cc1ccc(OC)cc1)C(=O)COc1ccc(C)cc1C. The van der Waals surface area contributed by atoms with Crippen molar-refractivity contribution in [3.63, 3.8) is 0 Å². The molecule has 32 heavy (non-hydrogen) atoms. The average Bonchev–Trinajstić information content (AvgIpc) is 2.78. The molecule has 6 heteroatoms. The second-order valence-electron chi connectivity index (χ2n) is 8.17. The zero-order chi connectivity index (χ0) is 23.7. The molecule has 0 aliphatic heterocycles. The number of carbonyl (C=O) groups is 2. The van der Waals surface area contributed by atoms with Crippen molar-refractivity contribution in [2.45, 2.75) is 66.1 Å². The molecule has 0 fully saturated rings. The number of rotatable bonds is 11. The van der Waals surface area contributed by atoms with Crippen molar-refractivity contribution in [1.82, 2.24) is 10.2 Å². The van der Waals surface area contributed by atoms with E-state index in [9.17, 15) is 9.59 Å². The summed E-state index contributed by atoms with van der Waals surface area (Å²) in [5.41, 5.74) is 3.02. The molecule has 1 N–H and O–H groups in total. The summed E-state index contributed by atoms with van der Waals surface area (Å²) in [6, 6.07) is 12.8. The first kappa shape index (κ1) is 25.2. The van der Waals surface area contributed by atoms with Gasteiger partial charge in [-0.3, -0.25) is 9.59 Å². The molecule has 2 aromatic carbocycles. The Morgan fingerprint density at radius 3 is 2.28 bits per heavy atom. The Labute approximate surface area is 191 Å². The summed E-state index contributed by atoms with van der Waals surface area (Å²) < 4.78 is 11.1. The predicted octanol–water partition coefficient (Wildman–Crippen LogP) is 4.41. The van der Waals surface area contributed by atoms with E-state index in [2.05, 4.69) is 5.32 Å². The monoisotopic (exact) mass is 440 g/mol. The molecule has 0 aliphatic carbocycles. The van der Waals surface area contributed by atoms with Crippen LogP contribution in [0.25, 0.3) is 0 Å². The molecule has 2 amide bonds. The fraction of sp³-hybridized carbons (Fsp3) is 0.462. The number of nitrogens with zero attached hydrogens (tertiary/aromatic N) is 1. The van der Waals surface area contributed by atoms with Crippen LogP contribution in [0.2, 0.25) is 0 Å². The van der Waals surface area contributed by atoms with Crippen molar-refractivity contribution in [3.8, 4) is 11.5 Å². The van der Waals surface area contributed by atoms with Gasteiger partial charge >= 0.3 is 0 Å². The highest BCUT2D eigenvalue weighted by molar-refractivity contribution is 5.88. The van der Waals surface area contributed by atoms with Crippen molar-refractivity contribution in [3.05, 3.63) is 59.2 Å². The van der Waals surface area contributed by atoms with Crippen LogP contribution in [0.1, 0.15) is 50.3 Å². The van der Waals surface area contributed by atoms with Gasteiger partial charge in [0.05, 0.1) is 7.11 Å². The molecule has 0 spiro atoms. The standard InChI is InChI=1S/C26H36N2O4/c1-7-20(5)27-26(30)23(8-2)28(16-21-10-12-22(31-6)13-11-21)25(29)17-32-24-14-9-18(3)15-19(24)4/h9-15,20,23H,7-8,16-17H2,1-6H3,(H,27,30)/t20-,23-/m1/s1. The van der Waals surface area contributed by atoms with Crippen LogP contribution in [-0.2, 0) is 16.1 Å². The van der Waals surface area contributed by atoms with E-state index in [0.717, 1.165) is 28.9 Å². The lowest BCUT2D eigenvalue weighted by Crippen LogP contribution is -2.51. The van der Waals surface area contributed by atoms with Gasteiger partial charge in [0.15, 0.2) is 6.61 Å². The Bertz CT molecular complexity index is 895. The largest absolute Gasteiger partial charge is 0.497 e. The minimum atomic E-state index is -0.582. The normalized spacial score (nSPS) is 12.6. The molecule has 0 unspecified atom stereocenters. The number of hydrogen-bond acceptors (Lipinski definition) is 4. The van der Waals surface area contributed by atoms with Gasteiger partial charge in [-0.2, -0.15) is 0 Å². The first-order chi connectivity index (χ1) is 15.3. The molecule has 2 rings (SSSR count). The molecule has 0 radical (unpaired) electrons. The number of amides is 2. The molecule has 0 heterocycles. The van der Waals surface area contributed by atoms with Gasteiger partial charge in [-0.1, -0.05) is 43.7 Å².